The summed E-state index contributed by atoms with van der Waals surface area (Å²) in [7, 11) is 0. The maximum atomic E-state index is 10.6. The minimum atomic E-state index is -1.20. The molecule has 0 saturated carbocycles. The molecule has 0 aromatic carbocycles. The van der Waals surface area contributed by atoms with Crippen molar-refractivity contribution in [3.05, 3.63) is 11.9 Å². The van der Waals surface area contributed by atoms with Crippen molar-refractivity contribution >= 4 is 17.0 Å². The van der Waals surface area contributed by atoms with E-state index < -0.39 is 5.97 Å². The second-order valence-electron chi connectivity index (χ2n) is 2.11. The molecule has 13 heavy (non-hydrogen) atoms. The molecule has 0 unspecified atom stereocenters. The predicted molar refractivity (Wildman–Crippen MR) is 37.7 cm³/mol. The number of aromatic nitrogens is 6. The highest BCUT2D eigenvalue weighted by atomic mass is 16.4. The molecule has 8 nitrogen and oxygen atoms in total. The number of carbonyl (C=O) groups is 1. The van der Waals surface area contributed by atoms with Gasteiger partial charge in [0.25, 0.3) is 0 Å². The van der Waals surface area contributed by atoms with Gasteiger partial charge in [-0.3, -0.25) is 0 Å². The van der Waals surface area contributed by atoms with Gasteiger partial charge in [0, 0.05) is 0 Å². The Morgan fingerprint density at radius 1 is 1.23 bits per heavy atom. The van der Waals surface area contributed by atoms with E-state index in [0.717, 1.165) is 0 Å². The number of aromatic carboxylic acids is 1. The first-order valence-corrected chi connectivity index (χ1v) is 3.20. The summed E-state index contributed by atoms with van der Waals surface area (Å²) in [6.45, 7) is 0. The molecule has 0 fully saturated rings. The number of carboxylic acid groups (broad SMARTS) is 1. The summed E-state index contributed by atoms with van der Waals surface area (Å²) < 4.78 is 0. The number of nitrogens with zero attached hydrogens (tertiary/aromatic N) is 6. The number of carboxylic acids is 1. The van der Waals surface area contributed by atoms with Crippen molar-refractivity contribution in [3.63, 3.8) is 0 Å². The quantitative estimate of drug-likeness (QED) is 0.585. The average molecular weight is 178 g/mol. The van der Waals surface area contributed by atoms with E-state index in [1.54, 1.807) is 0 Å². The van der Waals surface area contributed by atoms with E-state index >= 15 is 0 Å². The summed E-state index contributed by atoms with van der Waals surface area (Å²) in [5.74, 6) is -1.20. The minimum absolute atomic E-state index is 0.113. The molecule has 2 aromatic heterocycles. The van der Waals surface area contributed by atoms with E-state index in [2.05, 4.69) is 30.8 Å². The molecule has 0 aliphatic heterocycles. The largest absolute Gasteiger partial charge is 0.476 e. The molecule has 0 radical (unpaired) electrons. The van der Waals surface area contributed by atoms with Crippen LogP contribution in [-0.4, -0.2) is 41.9 Å². The van der Waals surface area contributed by atoms with E-state index in [-0.39, 0.29) is 16.7 Å². The molecule has 0 spiro atoms. The van der Waals surface area contributed by atoms with Crippen molar-refractivity contribution in [1.29, 1.82) is 0 Å². The van der Waals surface area contributed by atoms with E-state index in [9.17, 15) is 4.79 Å². The van der Waals surface area contributed by atoms with Gasteiger partial charge >= 0.3 is 5.97 Å². The molecule has 0 aliphatic rings. The number of fused-ring (bicyclic) bond motifs is 1. The van der Waals surface area contributed by atoms with Gasteiger partial charge in [-0.05, 0) is 10.4 Å². The summed E-state index contributed by atoms with van der Waals surface area (Å²) in [4.78, 5) is 10.6. The second-order valence-corrected chi connectivity index (χ2v) is 2.11. The Morgan fingerprint density at radius 3 is 2.77 bits per heavy atom. The van der Waals surface area contributed by atoms with Crippen LogP contribution in [0.15, 0.2) is 6.20 Å². The maximum Gasteiger partial charge on any atom is 0.357 e. The molecule has 64 valence electrons. The fraction of sp³-hybridized carbons (Fsp3) is 0. The summed E-state index contributed by atoms with van der Waals surface area (Å²) >= 11 is 0. The molecule has 0 atom stereocenters. The first-order valence-electron chi connectivity index (χ1n) is 3.20. The molecule has 2 heterocycles. The lowest BCUT2D eigenvalue weighted by Crippen LogP contribution is -2.06. The SMILES string of the molecule is O=C(O)c1nnnc2nnncc12. The van der Waals surface area contributed by atoms with Crippen molar-refractivity contribution in [2.24, 2.45) is 0 Å². The van der Waals surface area contributed by atoms with Gasteiger partial charge in [-0.1, -0.05) is 0 Å². The third-order valence-corrected chi connectivity index (χ3v) is 1.36. The van der Waals surface area contributed by atoms with Crippen LogP contribution in [0.4, 0.5) is 0 Å². The Balaban J connectivity index is 2.83. The fourth-order valence-electron chi connectivity index (χ4n) is 0.826. The van der Waals surface area contributed by atoms with Crippen LogP contribution >= 0.6 is 0 Å². The molecule has 2 rings (SSSR count). The van der Waals surface area contributed by atoms with Crippen molar-refractivity contribution in [2.45, 2.75) is 0 Å². The van der Waals surface area contributed by atoms with Crippen molar-refractivity contribution in [2.75, 3.05) is 0 Å². The first-order chi connectivity index (χ1) is 6.29. The van der Waals surface area contributed by atoms with Crippen LogP contribution in [-0.2, 0) is 0 Å². The van der Waals surface area contributed by atoms with Crippen LogP contribution < -0.4 is 0 Å². The Hall–Kier alpha value is -2.25. The van der Waals surface area contributed by atoms with Gasteiger partial charge in [-0.25, -0.2) is 4.79 Å². The molecule has 0 amide bonds. The number of hydrogen-bond acceptors (Lipinski definition) is 7. The van der Waals surface area contributed by atoms with E-state index in [1.165, 1.54) is 6.20 Å². The Labute approximate surface area is 70.6 Å². The van der Waals surface area contributed by atoms with Gasteiger partial charge in [0.1, 0.15) is 0 Å². The van der Waals surface area contributed by atoms with Crippen LogP contribution in [0.5, 0.6) is 0 Å². The molecular formula is C5H2N6O2. The minimum Gasteiger partial charge on any atom is -0.476 e. The average Bonchev–Trinajstić information content (AvgIpc) is 2.17. The predicted octanol–water partition coefficient (Wildman–Crippen LogP) is -1.09. The summed E-state index contributed by atoms with van der Waals surface area (Å²) in [6.07, 6.45) is 1.23. The lowest BCUT2D eigenvalue weighted by Gasteiger charge is -1.94. The molecule has 0 saturated heterocycles. The van der Waals surface area contributed by atoms with Crippen LogP contribution in [0.25, 0.3) is 11.0 Å². The lowest BCUT2D eigenvalue weighted by molar-refractivity contribution is 0.0691. The normalized spacial score (nSPS) is 10.2. The van der Waals surface area contributed by atoms with Gasteiger partial charge < -0.3 is 5.11 Å². The van der Waals surface area contributed by atoms with Gasteiger partial charge in [0.2, 0.25) is 5.65 Å². The Morgan fingerprint density at radius 2 is 2.00 bits per heavy atom. The molecular weight excluding hydrogens is 176 g/mol. The zero-order valence-electron chi connectivity index (χ0n) is 6.12. The third-order valence-electron chi connectivity index (χ3n) is 1.36. The van der Waals surface area contributed by atoms with Crippen LogP contribution in [0.3, 0.4) is 0 Å². The van der Waals surface area contributed by atoms with Crippen LogP contribution in [0.1, 0.15) is 10.5 Å². The van der Waals surface area contributed by atoms with Crippen molar-refractivity contribution in [1.82, 2.24) is 30.8 Å². The first kappa shape index (κ1) is 7.40. The fourth-order valence-corrected chi connectivity index (χ4v) is 0.826. The van der Waals surface area contributed by atoms with Gasteiger partial charge in [-0.15, -0.1) is 20.4 Å². The molecule has 8 heteroatoms. The highest BCUT2D eigenvalue weighted by Crippen LogP contribution is 2.07. The third kappa shape index (κ3) is 1.13. The van der Waals surface area contributed by atoms with Crippen LogP contribution in [0, 0.1) is 0 Å². The Kier molecular flexibility index (Phi) is 1.51. The van der Waals surface area contributed by atoms with E-state index in [4.69, 9.17) is 5.11 Å². The number of hydrogen-bond donors (Lipinski definition) is 1. The van der Waals surface area contributed by atoms with E-state index in [0.29, 0.717) is 0 Å². The summed E-state index contributed by atoms with van der Waals surface area (Å²) in [5.41, 5.74) is -0.116. The molecule has 2 aromatic rings. The topological polar surface area (TPSA) is 115 Å². The van der Waals surface area contributed by atoms with Crippen molar-refractivity contribution in [3.8, 4) is 0 Å². The monoisotopic (exact) mass is 178 g/mol. The summed E-state index contributed by atoms with van der Waals surface area (Å²) in [5, 5.41) is 29.1. The van der Waals surface area contributed by atoms with Crippen molar-refractivity contribution < 1.29 is 9.90 Å². The molecule has 0 bridgehead atoms. The lowest BCUT2D eigenvalue weighted by atomic mass is 10.3. The highest BCUT2D eigenvalue weighted by molar-refractivity contribution is 5.98. The highest BCUT2D eigenvalue weighted by Gasteiger charge is 2.12. The van der Waals surface area contributed by atoms with Gasteiger partial charge in [0.15, 0.2) is 5.69 Å². The van der Waals surface area contributed by atoms with E-state index in [1.807, 2.05) is 0 Å². The van der Waals surface area contributed by atoms with Crippen LogP contribution in [0.2, 0.25) is 0 Å². The zero-order valence-corrected chi connectivity index (χ0v) is 6.12. The smallest absolute Gasteiger partial charge is 0.357 e. The molecule has 1 N–H and O–H groups in total. The molecule has 0 aliphatic carbocycles. The Bertz CT molecular complexity index is 466. The maximum absolute atomic E-state index is 10.6. The van der Waals surface area contributed by atoms with Gasteiger partial charge in [0.05, 0.1) is 11.6 Å². The summed E-state index contributed by atoms with van der Waals surface area (Å²) in [6, 6.07) is 0. The van der Waals surface area contributed by atoms with Gasteiger partial charge in [-0.2, -0.15) is 0 Å². The zero-order chi connectivity index (χ0) is 9.26. The second kappa shape index (κ2) is 2.66. The number of rotatable bonds is 1. The standard InChI is InChI=1S/C5H2N6O2/c12-5(13)3-2-1-6-10-8-4(2)9-11-7-3/h1H,(H,12,13).